The lowest BCUT2D eigenvalue weighted by Crippen LogP contribution is -2.51. The minimum atomic E-state index is -0.899. The number of rotatable bonds is 6. The Balaban J connectivity index is 4.67. The van der Waals surface area contributed by atoms with Crippen LogP contribution in [-0.4, -0.2) is 41.1 Å². The van der Waals surface area contributed by atoms with Crippen LogP contribution >= 0.6 is 0 Å². The predicted octanol–water partition coefficient (Wildman–Crippen LogP) is 2.71. The van der Waals surface area contributed by atoms with E-state index in [1.165, 1.54) is 0 Å². The quantitative estimate of drug-likeness (QED) is 0.781. The summed E-state index contributed by atoms with van der Waals surface area (Å²) in [6.07, 6.45) is 1.88. The van der Waals surface area contributed by atoms with Gasteiger partial charge in [0.2, 0.25) is 0 Å². The molecule has 0 saturated heterocycles. The van der Waals surface area contributed by atoms with Gasteiger partial charge in [0.25, 0.3) is 0 Å². The molecule has 0 radical (unpaired) electrons. The SMILES string of the molecule is CCCC(C)N(C)C(=O)NC(CC(=O)O)C(C)(C)C. The van der Waals surface area contributed by atoms with Crippen molar-refractivity contribution in [3.63, 3.8) is 0 Å². The zero-order chi connectivity index (χ0) is 15.2. The van der Waals surface area contributed by atoms with Crippen molar-refractivity contribution in [3.8, 4) is 0 Å². The van der Waals surface area contributed by atoms with Crippen LogP contribution in [0.2, 0.25) is 0 Å². The Morgan fingerprint density at radius 3 is 2.21 bits per heavy atom. The molecule has 0 aliphatic carbocycles. The van der Waals surface area contributed by atoms with E-state index in [4.69, 9.17) is 5.11 Å². The predicted molar refractivity (Wildman–Crippen MR) is 76.2 cm³/mol. The normalized spacial score (nSPS) is 14.6. The van der Waals surface area contributed by atoms with Gasteiger partial charge in [0, 0.05) is 19.1 Å². The van der Waals surface area contributed by atoms with Gasteiger partial charge in [-0.3, -0.25) is 4.79 Å². The van der Waals surface area contributed by atoms with Crippen LogP contribution in [0.4, 0.5) is 4.79 Å². The maximum atomic E-state index is 12.1. The van der Waals surface area contributed by atoms with Crippen LogP contribution in [0, 0.1) is 5.41 Å². The molecule has 112 valence electrons. The number of amides is 2. The molecule has 0 rings (SSSR count). The van der Waals surface area contributed by atoms with Crippen LogP contribution in [0.25, 0.3) is 0 Å². The van der Waals surface area contributed by atoms with Gasteiger partial charge in [-0.25, -0.2) is 4.79 Å². The Bertz CT molecular complexity index is 310. The largest absolute Gasteiger partial charge is 0.481 e. The molecule has 2 N–H and O–H groups in total. The lowest BCUT2D eigenvalue weighted by Gasteiger charge is -2.33. The molecule has 2 atom stereocenters. The fraction of sp³-hybridized carbons (Fsp3) is 0.857. The average Bonchev–Trinajstić information content (AvgIpc) is 2.25. The molecule has 2 unspecified atom stereocenters. The standard InChI is InChI=1S/C14H28N2O3/c1-7-8-10(2)16(6)13(19)15-11(9-12(17)18)14(3,4)5/h10-11H,7-9H2,1-6H3,(H,15,19)(H,17,18). The van der Waals surface area contributed by atoms with Gasteiger partial charge < -0.3 is 15.3 Å². The van der Waals surface area contributed by atoms with Gasteiger partial charge in [-0.15, -0.1) is 0 Å². The second-order valence-corrected chi connectivity index (χ2v) is 6.21. The number of hydrogen-bond donors (Lipinski definition) is 2. The molecule has 0 heterocycles. The summed E-state index contributed by atoms with van der Waals surface area (Å²) in [5.41, 5.74) is -0.289. The number of urea groups is 1. The van der Waals surface area contributed by atoms with Gasteiger partial charge >= 0.3 is 12.0 Å². The van der Waals surface area contributed by atoms with Crippen molar-refractivity contribution in [3.05, 3.63) is 0 Å². The third-order valence-electron chi connectivity index (χ3n) is 3.41. The highest BCUT2D eigenvalue weighted by Crippen LogP contribution is 2.22. The van der Waals surface area contributed by atoms with Gasteiger partial charge in [-0.1, -0.05) is 34.1 Å². The fourth-order valence-electron chi connectivity index (χ4n) is 1.81. The van der Waals surface area contributed by atoms with Gasteiger partial charge in [0.1, 0.15) is 0 Å². The van der Waals surface area contributed by atoms with Crippen LogP contribution < -0.4 is 5.32 Å². The summed E-state index contributed by atoms with van der Waals surface area (Å²) in [5, 5.41) is 11.8. The van der Waals surface area contributed by atoms with Crippen molar-refractivity contribution in [2.45, 2.75) is 66.0 Å². The van der Waals surface area contributed by atoms with E-state index in [9.17, 15) is 9.59 Å². The zero-order valence-electron chi connectivity index (χ0n) is 13.0. The first kappa shape index (κ1) is 17.7. The number of hydrogen-bond acceptors (Lipinski definition) is 2. The Morgan fingerprint density at radius 1 is 1.32 bits per heavy atom. The van der Waals surface area contributed by atoms with E-state index in [-0.39, 0.29) is 30.0 Å². The van der Waals surface area contributed by atoms with Crippen molar-refractivity contribution in [2.24, 2.45) is 5.41 Å². The summed E-state index contributed by atoms with van der Waals surface area (Å²) in [5.74, 6) is -0.899. The number of carbonyl (C=O) groups excluding carboxylic acids is 1. The molecular weight excluding hydrogens is 244 g/mol. The molecule has 2 amide bonds. The molecule has 0 spiro atoms. The van der Waals surface area contributed by atoms with Crippen LogP contribution in [0.1, 0.15) is 53.9 Å². The molecule has 0 saturated carbocycles. The second kappa shape index (κ2) is 7.36. The zero-order valence-corrected chi connectivity index (χ0v) is 13.0. The lowest BCUT2D eigenvalue weighted by molar-refractivity contribution is -0.138. The summed E-state index contributed by atoms with van der Waals surface area (Å²) >= 11 is 0. The van der Waals surface area contributed by atoms with Crippen LogP contribution in [0.15, 0.2) is 0 Å². The van der Waals surface area contributed by atoms with Crippen LogP contribution in [-0.2, 0) is 4.79 Å². The smallest absolute Gasteiger partial charge is 0.317 e. The summed E-state index contributed by atoms with van der Waals surface area (Å²) in [4.78, 5) is 24.6. The Labute approximate surface area is 116 Å². The van der Waals surface area contributed by atoms with Crippen molar-refractivity contribution >= 4 is 12.0 Å². The molecular formula is C14H28N2O3. The van der Waals surface area contributed by atoms with E-state index >= 15 is 0 Å². The molecule has 19 heavy (non-hydrogen) atoms. The van der Waals surface area contributed by atoms with Crippen molar-refractivity contribution in [2.75, 3.05) is 7.05 Å². The van der Waals surface area contributed by atoms with Crippen molar-refractivity contribution in [1.29, 1.82) is 0 Å². The van der Waals surface area contributed by atoms with E-state index in [0.717, 1.165) is 12.8 Å². The molecule has 0 bridgehead atoms. The van der Waals surface area contributed by atoms with Gasteiger partial charge in [0.05, 0.1) is 6.42 Å². The van der Waals surface area contributed by atoms with Crippen LogP contribution in [0.5, 0.6) is 0 Å². The Morgan fingerprint density at radius 2 is 1.84 bits per heavy atom. The second-order valence-electron chi connectivity index (χ2n) is 6.21. The van der Waals surface area contributed by atoms with Crippen LogP contribution in [0.3, 0.4) is 0 Å². The van der Waals surface area contributed by atoms with Gasteiger partial charge in [-0.05, 0) is 18.8 Å². The first-order chi connectivity index (χ1) is 8.59. The first-order valence-corrected chi connectivity index (χ1v) is 6.84. The maximum absolute atomic E-state index is 12.1. The number of nitrogens with zero attached hydrogens (tertiary/aromatic N) is 1. The first-order valence-electron chi connectivity index (χ1n) is 6.84. The average molecular weight is 272 g/mol. The highest BCUT2D eigenvalue weighted by atomic mass is 16.4. The number of nitrogens with one attached hydrogen (secondary N) is 1. The van der Waals surface area contributed by atoms with E-state index in [1.807, 2.05) is 27.7 Å². The Kier molecular flexibility index (Phi) is 6.87. The number of carboxylic acids is 1. The third-order valence-corrected chi connectivity index (χ3v) is 3.41. The molecule has 5 heteroatoms. The molecule has 0 aromatic heterocycles. The summed E-state index contributed by atoms with van der Waals surface area (Å²) in [6, 6.07) is -0.439. The molecule has 5 nitrogen and oxygen atoms in total. The summed E-state index contributed by atoms with van der Waals surface area (Å²) < 4.78 is 0. The number of carbonyl (C=O) groups is 2. The third kappa shape index (κ3) is 6.45. The van der Waals surface area contributed by atoms with Gasteiger partial charge in [0.15, 0.2) is 0 Å². The summed E-state index contributed by atoms with van der Waals surface area (Å²) in [6.45, 7) is 9.85. The van der Waals surface area contributed by atoms with E-state index in [0.29, 0.717) is 0 Å². The monoisotopic (exact) mass is 272 g/mol. The molecule has 0 fully saturated rings. The molecule has 0 aromatic carbocycles. The summed E-state index contributed by atoms with van der Waals surface area (Å²) in [7, 11) is 1.75. The van der Waals surface area contributed by atoms with E-state index < -0.39 is 5.97 Å². The number of aliphatic carboxylic acids is 1. The van der Waals surface area contributed by atoms with E-state index in [2.05, 4.69) is 12.2 Å². The molecule has 0 aliphatic heterocycles. The molecule has 0 aromatic rings. The highest BCUT2D eigenvalue weighted by molar-refractivity contribution is 5.76. The van der Waals surface area contributed by atoms with Crippen molar-refractivity contribution in [1.82, 2.24) is 10.2 Å². The minimum Gasteiger partial charge on any atom is -0.481 e. The van der Waals surface area contributed by atoms with Crippen molar-refractivity contribution < 1.29 is 14.7 Å². The fourth-order valence-corrected chi connectivity index (χ4v) is 1.81. The minimum absolute atomic E-state index is 0.0642. The maximum Gasteiger partial charge on any atom is 0.317 e. The highest BCUT2D eigenvalue weighted by Gasteiger charge is 2.29. The Hall–Kier alpha value is -1.26. The number of carboxylic acid groups (broad SMARTS) is 1. The molecule has 0 aliphatic rings. The lowest BCUT2D eigenvalue weighted by atomic mass is 9.85. The topological polar surface area (TPSA) is 69.6 Å². The van der Waals surface area contributed by atoms with E-state index in [1.54, 1.807) is 11.9 Å². The van der Waals surface area contributed by atoms with Gasteiger partial charge in [-0.2, -0.15) is 0 Å².